The van der Waals surface area contributed by atoms with Crippen LogP contribution in [0.5, 0.6) is 0 Å². The van der Waals surface area contributed by atoms with Gasteiger partial charge in [-0.2, -0.15) is 0 Å². The van der Waals surface area contributed by atoms with Crippen molar-refractivity contribution in [2.45, 2.75) is 91.5 Å². The van der Waals surface area contributed by atoms with E-state index in [1.54, 1.807) is 0 Å². The third kappa shape index (κ3) is 13.7. The second kappa shape index (κ2) is 18.7. The minimum absolute atomic E-state index is 0.0155. The van der Waals surface area contributed by atoms with Crippen molar-refractivity contribution in [3.63, 3.8) is 0 Å². The number of Topliss-reactive ketones (excluding diaryl/α,β-unsaturated/α-hetero) is 4. The highest BCUT2D eigenvalue weighted by Gasteiger charge is 2.30. The van der Waals surface area contributed by atoms with E-state index in [1.165, 1.54) is 0 Å². The molecular formula is C28H46N2O10. The van der Waals surface area contributed by atoms with Gasteiger partial charge in [0.25, 0.3) is 0 Å². The number of rotatable bonds is 8. The number of ketones is 4. The summed E-state index contributed by atoms with van der Waals surface area (Å²) in [4.78, 5) is 71.1. The molecular weight excluding hydrogens is 524 g/mol. The lowest BCUT2D eigenvalue weighted by molar-refractivity contribution is -0.157. The van der Waals surface area contributed by atoms with Crippen LogP contribution in [-0.2, 0) is 47.7 Å². The first-order valence-electron chi connectivity index (χ1n) is 14.0. The number of hydrogen-bond acceptors (Lipinski definition) is 12. The van der Waals surface area contributed by atoms with Crippen molar-refractivity contribution in [2.24, 2.45) is 11.8 Å². The highest BCUT2D eigenvalue weighted by Crippen LogP contribution is 2.12. The average molecular weight is 571 g/mol. The van der Waals surface area contributed by atoms with Gasteiger partial charge >= 0.3 is 11.9 Å². The Bertz CT molecular complexity index is 803. The van der Waals surface area contributed by atoms with Gasteiger partial charge in [-0.1, -0.05) is 27.7 Å². The molecule has 0 unspecified atom stereocenters. The van der Waals surface area contributed by atoms with Gasteiger partial charge in [-0.05, 0) is 25.7 Å². The number of cyclic esters (lactones) is 2. The smallest absolute Gasteiger partial charge is 0.313 e. The van der Waals surface area contributed by atoms with Crippen LogP contribution >= 0.6 is 0 Å². The maximum absolute atomic E-state index is 12.0. The number of esters is 2. The number of nitrogens with one attached hydrogen (secondary N) is 2. The van der Waals surface area contributed by atoms with Gasteiger partial charge < -0.3 is 29.6 Å². The van der Waals surface area contributed by atoms with Gasteiger partial charge in [0, 0.05) is 26.1 Å². The summed E-state index contributed by atoms with van der Waals surface area (Å²) < 4.78 is 20.7. The van der Waals surface area contributed by atoms with Gasteiger partial charge in [0.2, 0.25) is 0 Å². The van der Waals surface area contributed by atoms with E-state index in [2.05, 4.69) is 10.6 Å². The quantitative estimate of drug-likeness (QED) is 0.314. The van der Waals surface area contributed by atoms with Crippen LogP contribution in [0.15, 0.2) is 0 Å². The lowest BCUT2D eigenvalue weighted by atomic mass is 9.97. The molecule has 2 N–H and O–H groups in total. The average Bonchev–Trinajstić information content (AvgIpc) is 2.85. The minimum atomic E-state index is -0.611. The molecule has 0 saturated carbocycles. The second-order valence-electron chi connectivity index (χ2n) is 10.5. The highest BCUT2D eigenvalue weighted by atomic mass is 16.6. The Balaban J connectivity index is 0.000000400. The minimum Gasteiger partial charge on any atom is -0.459 e. The van der Waals surface area contributed by atoms with E-state index in [0.717, 1.165) is 0 Å². The van der Waals surface area contributed by atoms with Gasteiger partial charge in [-0.25, -0.2) is 0 Å². The molecule has 0 aromatic heterocycles. The fourth-order valence-corrected chi connectivity index (χ4v) is 4.27. The van der Waals surface area contributed by atoms with Crippen LogP contribution < -0.4 is 10.6 Å². The summed E-state index contributed by atoms with van der Waals surface area (Å²) >= 11 is 0. The molecule has 2 fully saturated rings. The molecule has 0 aliphatic carbocycles. The van der Waals surface area contributed by atoms with Crippen LogP contribution in [0.1, 0.15) is 67.2 Å². The van der Waals surface area contributed by atoms with Gasteiger partial charge in [0.15, 0.2) is 11.6 Å². The van der Waals surface area contributed by atoms with Gasteiger partial charge in [-0.15, -0.1) is 0 Å². The largest absolute Gasteiger partial charge is 0.459 e. The van der Waals surface area contributed by atoms with E-state index in [0.29, 0.717) is 13.2 Å². The third-order valence-corrected chi connectivity index (χ3v) is 6.23. The normalized spacial score (nSPS) is 25.7. The molecule has 4 atom stereocenters. The zero-order chi connectivity index (χ0) is 30.2. The van der Waals surface area contributed by atoms with Crippen LogP contribution in [-0.4, -0.2) is 98.9 Å². The Morgan fingerprint density at radius 2 is 1.02 bits per heavy atom. The first-order valence-corrected chi connectivity index (χ1v) is 14.0. The lowest BCUT2D eigenvalue weighted by Gasteiger charge is -2.24. The van der Waals surface area contributed by atoms with E-state index in [1.807, 2.05) is 41.5 Å². The van der Waals surface area contributed by atoms with E-state index < -0.39 is 36.2 Å². The maximum Gasteiger partial charge on any atom is 0.313 e. The Hall–Kier alpha value is -2.54. The van der Waals surface area contributed by atoms with Crippen molar-refractivity contribution >= 4 is 35.1 Å². The summed E-state index contributed by atoms with van der Waals surface area (Å²) in [7, 11) is 0. The van der Waals surface area contributed by atoms with Crippen LogP contribution in [0.2, 0.25) is 0 Å². The van der Waals surface area contributed by atoms with Gasteiger partial charge in [-0.3, -0.25) is 28.8 Å². The summed E-state index contributed by atoms with van der Waals surface area (Å²) in [5.74, 6) is -1.83. The summed E-state index contributed by atoms with van der Waals surface area (Å²) in [6, 6.07) is -0.982. The Kier molecular flexibility index (Phi) is 16.6. The maximum atomic E-state index is 12.0. The van der Waals surface area contributed by atoms with Gasteiger partial charge in [0.1, 0.15) is 36.6 Å². The van der Waals surface area contributed by atoms with Crippen molar-refractivity contribution in [3.8, 4) is 0 Å². The zero-order valence-electron chi connectivity index (χ0n) is 24.6. The molecule has 0 spiro atoms. The molecule has 0 radical (unpaired) electrons. The summed E-state index contributed by atoms with van der Waals surface area (Å²) in [6.45, 7) is 12.7. The highest BCUT2D eigenvalue weighted by molar-refractivity contribution is 6.00. The molecule has 2 heterocycles. The summed E-state index contributed by atoms with van der Waals surface area (Å²) in [6.07, 6.45) is -1.55. The number of hydrogen-bond donors (Lipinski definition) is 2. The Labute approximate surface area is 236 Å². The molecule has 12 nitrogen and oxygen atoms in total. The molecule has 228 valence electrons. The summed E-state index contributed by atoms with van der Waals surface area (Å²) in [5, 5.41) is 5.88. The molecule has 40 heavy (non-hydrogen) atoms. The number of carbonyl (C=O) groups is 6. The molecule has 0 aromatic rings. The Morgan fingerprint density at radius 3 is 1.32 bits per heavy atom. The molecule has 2 saturated heterocycles. The van der Waals surface area contributed by atoms with Crippen molar-refractivity contribution in [3.05, 3.63) is 0 Å². The van der Waals surface area contributed by atoms with Crippen molar-refractivity contribution < 1.29 is 47.7 Å². The summed E-state index contributed by atoms with van der Waals surface area (Å²) in [5.41, 5.74) is 0. The molecule has 2 rings (SSSR count). The SMILES string of the molecule is CCOC[C@@H]1CC(=O)CN[C@@H](C(C)C)C(=O)CC(=O)O1.CCOC[C@@H]1CC(=O)CN[C@@H](C(C)C)C(=O)CC(=O)O1. The third-order valence-electron chi connectivity index (χ3n) is 6.23. The van der Waals surface area contributed by atoms with Crippen LogP contribution in [0.3, 0.4) is 0 Å². The van der Waals surface area contributed by atoms with Crippen molar-refractivity contribution in [1.29, 1.82) is 0 Å². The molecule has 0 amide bonds. The number of ether oxygens (including phenoxy) is 4. The van der Waals surface area contributed by atoms with E-state index >= 15 is 0 Å². The topological polar surface area (TPSA) is 163 Å². The Morgan fingerprint density at radius 1 is 0.675 bits per heavy atom. The van der Waals surface area contributed by atoms with Crippen molar-refractivity contribution in [2.75, 3.05) is 39.5 Å². The fraction of sp³-hybridized carbons (Fsp3) is 0.786. The molecule has 0 aromatic carbocycles. The monoisotopic (exact) mass is 570 g/mol. The van der Waals surface area contributed by atoms with Gasteiger partial charge in [0.05, 0.1) is 38.4 Å². The molecule has 12 heteroatoms. The zero-order valence-corrected chi connectivity index (χ0v) is 24.6. The lowest BCUT2D eigenvalue weighted by Crippen LogP contribution is -2.46. The van der Waals surface area contributed by atoms with E-state index in [-0.39, 0.29) is 87.0 Å². The first kappa shape index (κ1) is 35.5. The van der Waals surface area contributed by atoms with E-state index in [4.69, 9.17) is 18.9 Å². The van der Waals surface area contributed by atoms with Crippen molar-refractivity contribution in [1.82, 2.24) is 10.6 Å². The van der Waals surface area contributed by atoms with Crippen LogP contribution in [0, 0.1) is 11.8 Å². The van der Waals surface area contributed by atoms with E-state index in [9.17, 15) is 28.8 Å². The predicted octanol–water partition coefficient (Wildman–Crippen LogP) is 0.962. The molecule has 2 aliphatic rings. The standard InChI is InChI=1S/2C14H23NO5/c2*1-4-19-8-11-5-10(16)7-15-14(9(2)3)12(17)6-13(18)20-11/h2*9,11,14-15H,4-8H2,1-3H3/t2*11-,14-/m00/s1. The second-order valence-corrected chi connectivity index (χ2v) is 10.5. The van der Waals surface area contributed by atoms with Crippen LogP contribution in [0.25, 0.3) is 0 Å². The predicted molar refractivity (Wildman–Crippen MR) is 144 cm³/mol. The molecule has 2 aliphatic heterocycles. The molecule has 0 bridgehead atoms. The first-order chi connectivity index (χ1) is 18.9. The fourth-order valence-electron chi connectivity index (χ4n) is 4.27. The van der Waals surface area contributed by atoms with Crippen LogP contribution in [0.4, 0.5) is 0 Å². The number of carbonyl (C=O) groups excluding carboxylic acids is 6.